The number of nitro groups is 1. The smallest absolute Gasteiger partial charge is 0.433 e. The summed E-state index contributed by atoms with van der Waals surface area (Å²) in [6.07, 6.45) is -0.695. The summed E-state index contributed by atoms with van der Waals surface area (Å²) in [6.45, 7) is -0.0637. The topological polar surface area (TPSA) is 123 Å². The van der Waals surface area contributed by atoms with Gasteiger partial charge in [0.05, 0.1) is 18.2 Å². The monoisotopic (exact) mass is 484 g/mol. The van der Waals surface area contributed by atoms with Crippen LogP contribution in [0.5, 0.6) is 0 Å². The Balaban J connectivity index is 1.41. The maximum atomic E-state index is 13.3. The summed E-state index contributed by atoms with van der Waals surface area (Å²) in [6, 6.07) is 24.2. The second kappa shape index (κ2) is 9.38. The number of nitrogens with zero attached hydrogens (tertiary/aromatic N) is 2. The first-order valence-electron chi connectivity index (χ1n) is 11.1. The highest BCUT2D eigenvalue weighted by atomic mass is 16.6. The van der Waals surface area contributed by atoms with E-state index in [0.29, 0.717) is 5.69 Å². The van der Waals surface area contributed by atoms with Gasteiger partial charge < -0.3 is 14.3 Å². The minimum absolute atomic E-state index is 0.0554. The number of carboxylic acid groups (broad SMARTS) is 1. The van der Waals surface area contributed by atoms with E-state index in [1.54, 1.807) is 0 Å². The van der Waals surface area contributed by atoms with Crippen molar-refractivity contribution in [2.24, 2.45) is 0 Å². The second-order valence-electron chi connectivity index (χ2n) is 8.24. The molecular weight excluding hydrogens is 464 g/mol. The van der Waals surface area contributed by atoms with Gasteiger partial charge in [-0.25, -0.2) is 9.59 Å². The van der Waals surface area contributed by atoms with Crippen molar-refractivity contribution in [1.29, 1.82) is 0 Å². The molecule has 0 spiro atoms. The summed E-state index contributed by atoms with van der Waals surface area (Å²) in [5.41, 5.74) is 4.73. The van der Waals surface area contributed by atoms with Crippen molar-refractivity contribution in [3.05, 3.63) is 117 Å². The number of fused-ring (bicyclic) bond motifs is 3. The van der Waals surface area contributed by atoms with Crippen LogP contribution in [0.3, 0.4) is 0 Å². The lowest BCUT2D eigenvalue weighted by Crippen LogP contribution is -2.32. The zero-order valence-electron chi connectivity index (χ0n) is 18.9. The molecule has 180 valence electrons. The molecule has 0 unspecified atom stereocenters. The van der Waals surface area contributed by atoms with Crippen molar-refractivity contribution in [3.63, 3.8) is 0 Å². The Morgan fingerprint density at radius 1 is 0.917 bits per heavy atom. The van der Waals surface area contributed by atoms with Gasteiger partial charge in [0.15, 0.2) is 0 Å². The van der Waals surface area contributed by atoms with E-state index in [1.807, 2.05) is 48.5 Å². The fraction of sp³-hybridized carbons (Fsp3) is 0.111. The summed E-state index contributed by atoms with van der Waals surface area (Å²) in [5, 5.41) is 20.2. The van der Waals surface area contributed by atoms with Gasteiger partial charge >= 0.3 is 17.9 Å². The Morgan fingerprint density at radius 3 is 2.08 bits per heavy atom. The standard InChI is InChI=1S/C27H20N2O7/c30-26(31)17-9-11-18(12-10-17)28(15-19-13-14-25(36-19)29(33)34)27(32)35-16-24-22-7-3-1-5-20(22)21-6-2-4-8-23(21)24/h1-14,24H,15-16H2,(H,30,31). The number of carbonyl (C=O) groups excluding carboxylic acids is 1. The summed E-state index contributed by atoms with van der Waals surface area (Å²) in [4.78, 5) is 36.1. The lowest BCUT2D eigenvalue weighted by Gasteiger charge is -2.23. The molecule has 1 heterocycles. The van der Waals surface area contributed by atoms with Crippen LogP contribution in [0.15, 0.2) is 89.3 Å². The van der Waals surface area contributed by atoms with Gasteiger partial charge in [-0.3, -0.25) is 15.0 Å². The fourth-order valence-electron chi connectivity index (χ4n) is 4.42. The van der Waals surface area contributed by atoms with E-state index >= 15 is 0 Å². The van der Waals surface area contributed by atoms with E-state index in [9.17, 15) is 24.8 Å². The molecule has 0 bridgehead atoms. The number of furan rings is 1. The second-order valence-corrected chi connectivity index (χ2v) is 8.24. The molecule has 4 aromatic rings. The number of aromatic carboxylic acids is 1. The summed E-state index contributed by atoms with van der Waals surface area (Å²) in [7, 11) is 0. The Morgan fingerprint density at radius 2 is 1.53 bits per heavy atom. The molecular formula is C27H20N2O7. The van der Waals surface area contributed by atoms with E-state index in [0.717, 1.165) is 22.3 Å². The van der Waals surface area contributed by atoms with Crippen molar-refractivity contribution in [3.8, 4) is 11.1 Å². The predicted molar refractivity (Wildman–Crippen MR) is 130 cm³/mol. The first-order valence-corrected chi connectivity index (χ1v) is 11.1. The van der Waals surface area contributed by atoms with E-state index < -0.39 is 22.9 Å². The minimum atomic E-state index is -1.10. The number of hydrogen-bond donors (Lipinski definition) is 1. The summed E-state index contributed by atoms with van der Waals surface area (Å²) >= 11 is 0. The third kappa shape index (κ3) is 4.29. The highest BCUT2D eigenvalue weighted by Gasteiger charge is 2.30. The molecule has 0 fully saturated rings. The van der Waals surface area contributed by atoms with Crippen LogP contribution in [0.25, 0.3) is 11.1 Å². The van der Waals surface area contributed by atoms with Crippen molar-refractivity contribution in [1.82, 2.24) is 0 Å². The highest BCUT2D eigenvalue weighted by molar-refractivity contribution is 5.91. The maximum Gasteiger partial charge on any atom is 0.433 e. The average molecular weight is 484 g/mol. The van der Waals surface area contributed by atoms with Crippen molar-refractivity contribution in [2.75, 3.05) is 11.5 Å². The van der Waals surface area contributed by atoms with Crippen LogP contribution in [0, 0.1) is 10.1 Å². The average Bonchev–Trinajstić information content (AvgIpc) is 3.49. The van der Waals surface area contributed by atoms with Crippen LogP contribution in [0.1, 0.15) is 33.2 Å². The van der Waals surface area contributed by atoms with E-state index in [-0.39, 0.29) is 30.4 Å². The molecule has 1 amide bonds. The molecule has 1 N–H and O–H groups in total. The van der Waals surface area contributed by atoms with Crippen LogP contribution < -0.4 is 4.90 Å². The van der Waals surface area contributed by atoms with Gasteiger partial charge in [-0.1, -0.05) is 48.5 Å². The molecule has 9 heteroatoms. The molecule has 0 aliphatic heterocycles. The first kappa shape index (κ1) is 22.9. The summed E-state index contributed by atoms with van der Waals surface area (Å²) in [5.74, 6) is -1.52. The molecule has 36 heavy (non-hydrogen) atoms. The third-order valence-electron chi connectivity index (χ3n) is 6.12. The number of amides is 1. The molecule has 1 aliphatic rings. The SMILES string of the molecule is O=C(O)c1ccc(N(Cc2ccc([N+](=O)[O-])o2)C(=O)OCC2c3ccccc3-c3ccccc32)cc1. The molecule has 3 aromatic carbocycles. The molecule has 0 radical (unpaired) electrons. The fourth-order valence-corrected chi connectivity index (χ4v) is 4.42. The number of rotatable bonds is 7. The van der Waals surface area contributed by atoms with Gasteiger partial charge in [0.25, 0.3) is 0 Å². The van der Waals surface area contributed by atoms with E-state index in [2.05, 4.69) is 0 Å². The lowest BCUT2D eigenvalue weighted by molar-refractivity contribution is -0.402. The largest absolute Gasteiger partial charge is 0.478 e. The Hall–Kier alpha value is -4.92. The Kier molecular flexibility index (Phi) is 5.95. The van der Waals surface area contributed by atoms with Gasteiger partial charge in [0.2, 0.25) is 0 Å². The van der Waals surface area contributed by atoms with Crippen molar-refractivity contribution in [2.45, 2.75) is 12.5 Å². The highest BCUT2D eigenvalue weighted by Crippen LogP contribution is 2.44. The molecule has 1 aliphatic carbocycles. The number of carbonyl (C=O) groups is 2. The van der Waals surface area contributed by atoms with Gasteiger partial charge in [-0.2, -0.15) is 0 Å². The summed E-state index contributed by atoms with van der Waals surface area (Å²) < 4.78 is 11.0. The van der Waals surface area contributed by atoms with Crippen LogP contribution in [-0.4, -0.2) is 28.7 Å². The lowest BCUT2D eigenvalue weighted by atomic mass is 9.98. The van der Waals surface area contributed by atoms with Gasteiger partial charge in [-0.05, 0) is 52.6 Å². The van der Waals surface area contributed by atoms with Crippen molar-refractivity contribution >= 4 is 23.6 Å². The number of anilines is 1. The quantitative estimate of drug-likeness (QED) is 0.258. The molecule has 5 rings (SSSR count). The Bertz CT molecular complexity index is 1410. The molecule has 9 nitrogen and oxygen atoms in total. The Labute approximate surface area is 205 Å². The van der Waals surface area contributed by atoms with Crippen molar-refractivity contribution < 1.29 is 28.8 Å². The first-order chi connectivity index (χ1) is 17.4. The number of ether oxygens (including phenoxy) is 1. The zero-order valence-corrected chi connectivity index (χ0v) is 18.9. The van der Waals surface area contributed by atoms with Crippen LogP contribution in [-0.2, 0) is 11.3 Å². The van der Waals surface area contributed by atoms with Crippen LogP contribution in [0.4, 0.5) is 16.4 Å². The third-order valence-corrected chi connectivity index (χ3v) is 6.12. The minimum Gasteiger partial charge on any atom is -0.478 e. The maximum absolute atomic E-state index is 13.3. The number of benzene rings is 3. The molecule has 0 saturated heterocycles. The number of carboxylic acids is 1. The normalized spacial score (nSPS) is 12.0. The molecule has 1 aromatic heterocycles. The molecule has 0 saturated carbocycles. The number of hydrogen-bond acceptors (Lipinski definition) is 6. The molecule has 0 atom stereocenters. The van der Waals surface area contributed by atoms with Gasteiger partial charge in [0.1, 0.15) is 17.3 Å². The van der Waals surface area contributed by atoms with E-state index in [1.165, 1.54) is 41.3 Å². The van der Waals surface area contributed by atoms with Gasteiger partial charge in [-0.15, -0.1) is 0 Å². The zero-order chi connectivity index (χ0) is 25.2. The predicted octanol–water partition coefficient (Wildman–Crippen LogP) is 5.84. The van der Waals surface area contributed by atoms with E-state index in [4.69, 9.17) is 9.15 Å². The van der Waals surface area contributed by atoms with Crippen LogP contribution in [0.2, 0.25) is 0 Å². The van der Waals surface area contributed by atoms with Gasteiger partial charge in [0, 0.05) is 11.6 Å². The van der Waals surface area contributed by atoms with Crippen LogP contribution >= 0.6 is 0 Å².